The second kappa shape index (κ2) is 4.61. The number of pyridine rings is 1. The van der Waals surface area contributed by atoms with E-state index in [1.54, 1.807) is 24.8 Å². The predicted molar refractivity (Wildman–Crippen MR) is 57.2 cm³/mol. The molecule has 0 aliphatic carbocycles. The van der Waals surface area contributed by atoms with Crippen molar-refractivity contribution >= 4 is 0 Å². The zero-order valence-electron chi connectivity index (χ0n) is 8.46. The lowest BCUT2D eigenvalue weighted by atomic mass is 10.1. The summed E-state index contributed by atoms with van der Waals surface area (Å²) in [7, 11) is 1.88. The van der Waals surface area contributed by atoms with Gasteiger partial charge in [0.25, 0.3) is 0 Å². The summed E-state index contributed by atoms with van der Waals surface area (Å²) in [5.74, 6) is 0. The maximum atomic E-state index is 4.30. The fraction of sp³-hybridized carbons (Fsp3) is 0.182. The second-order valence-corrected chi connectivity index (χ2v) is 3.11. The first-order valence-electron chi connectivity index (χ1n) is 4.76. The largest absolute Gasteiger partial charge is 0.307 e. The van der Waals surface area contributed by atoms with E-state index in [1.807, 2.05) is 25.2 Å². The van der Waals surface area contributed by atoms with E-state index in [2.05, 4.69) is 20.3 Å². The Labute approximate surface area is 88.4 Å². The molecule has 0 bridgehead atoms. The Morgan fingerprint density at radius 3 is 2.53 bits per heavy atom. The van der Waals surface area contributed by atoms with E-state index in [4.69, 9.17) is 0 Å². The highest BCUT2D eigenvalue weighted by Crippen LogP contribution is 2.15. The molecule has 2 rings (SSSR count). The van der Waals surface area contributed by atoms with Crippen LogP contribution in [0.5, 0.6) is 0 Å². The SMILES string of the molecule is CNC(c1ccccn1)c1cnccn1. The number of rotatable bonds is 3. The normalized spacial score (nSPS) is 12.3. The quantitative estimate of drug-likeness (QED) is 0.808. The molecular weight excluding hydrogens is 188 g/mol. The van der Waals surface area contributed by atoms with Crippen molar-refractivity contribution in [3.05, 3.63) is 54.4 Å². The molecule has 0 aromatic carbocycles. The summed E-state index contributed by atoms with van der Waals surface area (Å²) in [5, 5.41) is 3.17. The van der Waals surface area contributed by atoms with Gasteiger partial charge in [0.1, 0.15) is 0 Å². The molecule has 1 N–H and O–H groups in total. The highest BCUT2D eigenvalue weighted by atomic mass is 14.9. The van der Waals surface area contributed by atoms with Gasteiger partial charge >= 0.3 is 0 Å². The summed E-state index contributed by atoms with van der Waals surface area (Å²) in [6.45, 7) is 0. The van der Waals surface area contributed by atoms with Gasteiger partial charge in [-0.2, -0.15) is 0 Å². The van der Waals surface area contributed by atoms with Crippen molar-refractivity contribution in [2.45, 2.75) is 6.04 Å². The first-order chi connectivity index (χ1) is 7.42. The molecule has 2 aromatic heterocycles. The maximum Gasteiger partial charge on any atom is 0.0938 e. The van der Waals surface area contributed by atoms with Crippen LogP contribution in [0.25, 0.3) is 0 Å². The number of nitrogens with zero attached hydrogens (tertiary/aromatic N) is 3. The van der Waals surface area contributed by atoms with Crippen LogP contribution in [0.4, 0.5) is 0 Å². The van der Waals surface area contributed by atoms with Crippen LogP contribution >= 0.6 is 0 Å². The topological polar surface area (TPSA) is 50.7 Å². The van der Waals surface area contributed by atoms with Gasteiger partial charge in [0.05, 0.1) is 23.6 Å². The molecule has 1 atom stereocenters. The van der Waals surface area contributed by atoms with Gasteiger partial charge in [-0.1, -0.05) is 6.07 Å². The monoisotopic (exact) mass is 200 g/mol. The lowest BCUT2D eigenvalue weighted by Gasteiger charge is -2.13. The van der Waals surface area contributed by atoms with Crippen LogP contribution in [0.1, 0.15) is 17.4 Å². The molecule has 0 amide bonds. The molecule has 76 valence electrons. The second-order valence-electron chi connectivity index (χ2n) is 3.11. The van der Waals surface area contributed by atoms with E-state index >= 15 is 0 Å². The van der Waals surface area contributed by atoms with Crippen molar-refractivity contribution < 1.29 is 0 Å². The van der Waals surface area contributed by atoms with Gasteiger partial charge in [0, 0.05) is 18.6 Å². The minimum absolute atomic E-state index is 0.0000926. The average molecular weight is 200 g/mol. The van der Waals surface area contributed by atoms with Crippen molar-refractivity contribution in [2.24, 2.45) is 0 Å². The van der Waals surface area contributed by atoms with Crippen LogP contribution in [0.2, 0.25) is 0 Å². The number of nitrogens with one attached hydrogen (secondary N) is 1. The molecule has 2 aromatic rings. The van der Waals surface area contributed by atoms with Crippen molar-refractivity contribution in [1.29, 1.82) is 0 Å². The Morgan fingerprint density at radius 2 is 1.93 bits per heavy atom. The van der Waals surface area contributed by atoms with E-state index in [9.17, 15) is 0 Å². The molecule has 0 saturated carbocycles. The number of hydrogen-bond donors (Lipinski definition) is 1. The average Bonchev–Trinajstić information content (AvgIpc) is 2.33. The van der Waals surface area contributed by atoms with E-state index < -0.39 is 0 Å². The van der Waals surface area contributed by atoms with E-state index in [0.717, 1.165) is 11.4 Å². The summed E-state index contributed by atoms with van der Waals surface area (Å²) < 4.78 is 0. The summed E-state index contributed by atoms with van der Waals surface area (Å²) in [6.07, 6.45) is 6.86. The fourth-order valence-corrected chi connectivity index (χ4v) is 1.45. The molecule has 0 aliphatic rings. The van der Waals surface area contributed by atoms with Gasteiger partial charge in [-0.05, 0) is 19.2 Å². The summed E-state index contributed by atoms with van der Waals surface area (Å²) in [6, 6.07) is 5.83. The maximum absolute atomic E-state index is 4.30. The third-order valence-electron chi connectivity index (χ3n) is 2.15. The third-order valence-corrected chi connectivity index (χ3v) is 2.15. The summed E-state index contributed by atoms with van der Waals surface area (Å²) in [4.78, 5) is 12.6. The lowest BCUT2D eigenvalue weighted by molar-refractivity contribution is 0.648. The van der Waals surface area contributed by atoms with Gasteiger partial charge in [-0.15, -0.1) is 0 Å². The number of aromatic nitrogens is 3. The Bertz CT molecular complexity index is 362. The van der Waals surface area contributed by atoms with Gasteiger partial charge in [-0.3, -0.25) is 15.0 Å². The third kappa shape index (κ3) is 2.16. The molecule has 15 heavy (non-hydrogen) atoms. The standard InChI is InChI=1S/C11H12N4/c1-12-11(9-4-2-3-5-14-9)10-8-13-6-7-15-10/h2-8,11-12H,1H3. The minimum atomic E-state index is -0.0000926. The van der Waals surface area contributed by atoms with E-state index in [1.165, 1.54) is 0 Å². The molecule has 0 fully saturated rings. The van der Waals surface area contributed by atoms with Gasteiger partial charge < -0.3 is 5.32 Å². The Morgan fingerprint density at radius 1 is 1.07 bits per heavy atom. The first-order valence-corrected chi connectivity index (χ1v) is 4.76. The zero-order valence-corrected chi connectivity index (χ0v) is 8.46. The smallest absolute Gasteiger partial charge is 0.0938 e. The fourth-order valence-electron chi connectivity index (χ4n) is 1.45. The Hall–Kier alpha value is -1.81. The summed E-state index contributed by atoms with van der Waals surface area (Å²) in [5.41, 5.74) is 1.82. The Kier molecular flexibility index (Phi) is 2.99. The van der Waals surface area contributed by atoms with Gasteiger partial charge in [0.15, 0.2) is 0 Å². The van der Waals surface area contributed by atoms with Crippen molar-refractivity contribution in [3.8, 4) is 0 Å². The highest BCUT2D eigenvalue weighted by molar-refractivity contribution is 5.19. The molecule has 1 unspecified atom stereocenters. The molecule has 4 heteroatoms. The van der Waals surface area contributed by atoms with Crippen molar-refractivity contribution in [1.82, 2.24) is 20.3 Å². The zero-order chi connectivity index (χ0) is 10.5. The van der Waals surface area contributed by atoms with Gasteiger partial charge in [0.2, 0.25) is 0 Å². The molecule has 4 nitrogen and oxygen atoms in total. The molecule has 0 spiro atoms. The first kappa shape index (κ1) is 9.73. The molecule has 0 saturated heterocycles. The summed E-state index contributed by atoms with van der Waals surface area (Å²) >= 11 is 0. The van der Waals surface area contributed by atoms with Crippen LogP contribution in [0, 0.1) is 0 Å². The van der Waals surface area contributed by atoms with Gasteiger partial charge in [-0.25, -0.2) is 0 Å². The number of hydrogen-bond acceptors (Lipinski definition) is 4. The van der Waals surface area contributed by atoms with Crippen LogP contribution in [-0.4, -0.2) is 22.0 Å². The molecule has 0 aliphatic heterocycles. The predicted octanol–water partition coefficient (Wildman–Crippen LogP) is 1.18. The lowest BCUT2D eigenvalue weighted by Crippen LogP contribution is -2.19. The van der Waals surface area contributed by atoms with E-state index in [0.29, 0.717) is 0 Å². The Balaban J connectivity index is 2.34. The van der Waals surface area contributed by atoms with Crippen LogP contribution in [0.15, 0.2) is 43.0 Å². The van der Waals surface area contributed by atoms with Crippen molar-refractivity contribution in [2.75, 3.05) is 7.05 Å². The van der Waals surface area contributed by atoms with Crippen LogP contribution in [-0.2, 0) is 0 Å². The molecule has 0 radical (unpaired) electrons. The van der Waals surface area contributed by atoms with Crippen molar-refractivity contribution in [3.63, 3.8) is 0 Å². The minimum Gasteiger partial charge on any atom is -0.307 e. The van der Waals surface area contributed by atoms with Crippen LogP contribution in [0.3, 0.4) is 0 Å². The molecular formula is C11H12N4. The van der Waals surface area contributed by atoms with Crippen LogP contribution < -0.4 is 5.32 Å². The van der Waals surface area contributed by atoms with E-state index in [-0.39, 0.29) is 6.04 Å². The highest BCUT2D eigenvalue weighted by Gasteiger charge is 2.13. The molecule has 2 heterocycles.